The lowest BCUT2D eigenvalue weighted by Gasteiger charge is -2.25. The molecule has 0 aliphatic carbocycles. The Morgan fingerprint density at radius 2 is 2.09 bits per heavy atom. The monoisotopic (exact) mass is 366 g/mol. The summed E-state index contributed by atoms with van der Waals surface area (Å²) in [4.78, 5) is 17.3. The number of aliphatic carboxylic acids is 1. The zero-order chi connectivity index (χ0) is 16.1. The maximum Gasteiger partial charge on any atom is 0.317 e. The van der Waals surface area contributed by atoms with Crippen molar-refractivity contribution >= 4 is 21.9 Å². The van der Waals surface area contributed by atoms with E-state index in [1.54, 1.807) is 6.26 Å². The van der Waals surface area contributed by atoms with E-state index < -0.39 is 5.97 Å². The predicted molar refractivity (Wildman–Crippen MR) is 87.4 cm³/mol. The van der Waals surface area contributed by atoms with Gasteiger partial charge in [0.15, 0.2) is 0 Å². The van der Waals surface area contributed by atoms with Gasteiger partial charge in [0.05, 0.1) is 12.2 Å². The van der Waals surface area contributed by atoms with Crippen molar-refractivity contribution in [1.29, 1.82) is 0 Å². The molecule has 1 N–H and O–H groups in total. The smallest absolute Gasteiger partial charge is 0.317 e. The van der Waals surface area contributed by atoms with Crippen LogP contribution in [0.15, 0.2) is 39.4 Å². The van der Waals surface area contributed by atoms with Gasteiger partial charge in [-0.1, -0.05) is 22.9 Å². The highest BCUT2D eigenvalue weighted by atomic mass is 79.9. The van der Waals surface area contributed by atoms with Crippen LogP contribution in [0.25, 0.3) is 11.5 Å². The van der Waals surface area contributed by atoms with Crippen molar-refractivity contribution in [1.82, 2.24) is 9.88 Å². The van der Waals surface area contributed by atoms with E-state index in [1.165, 1.54) is 0 Å². The van der Waals surface area contributed by atoms with E-state index in [-0.39, 0.29) is 12.6 Å². The molecule has 0 aliphatic rings. The minimum atomic E-state index is -0.836. The van der Waals surface area contributed by atoms with Crippen molar-refractivity contribution in [2.75, 3.05) is 6.54 Å². The fourth-order valence-corrected chi connectivity index (χ4v) is 2.38. The molecule has 2 aromatic rings. The third-order valence-corrected chi connectivity index (χ3v) is 4.09. The van der Waals surface area contributed by atoms with E-state index in [0.717, 1.165) is 22.2 Å². The van der Waals surface area contributed by atoms with Crippen molar-refractivity contribution in [3.8, 4) is 11.5 Å². The fourth-order valence-electron chi connectivity index (χ4n) is 2.11. The van der Waals surface area contributed by atoms with Crippen molar-refractivity contribution in [2.45, 2.75) is 32.9 Å². The molecule has 22 heavy (non-hydrogen) atoms. The zero-order valence-corrected chi connectivity index (χ0v) is 14.2. The first-order valence-electron chi connectivity index (χ1n) is 7.15. The molecular weight excluding hydrogens is 348 g/mol. The maximum atomic E-state index is 11.0. The number of hydrogen-bond donors (Lipinski definition) is 1. The number of carbonyl (C=O) groups is 1. The summed E-state index contributed by atoms with van der Waals surface area (Å²) in [6.45, 7) is 4.51. The topological polar surface area (TPSA) is 66.6 Å². The van der Waals surface area contributed by atoms with Gasteiger partial charge in [0, 0.05) is 22.6 Å². The van der Waals surface area contributed by atoms with Crippen LogP contribution in [-0.2, 0) is 11.3 Å². The van der Waals surface area contributed by atoms with Gasteiger partial charge in [0.25, 0.3) is 0 Å². The SMILES string of the molecule is CC[C@@H](C)N(CC(=O)O)Cc1coc(-c2ccc(Br)cc2)n1. The predicted octanol–water partition coefficient (Wildman–Crippen LogP) is 3.79. The summed E-state index contributed by atoms with van der Waals surface area (Å²) in [5, 5.41) is 9.03. The number of benzene rings is 1. The van der Waals surface area contributed by atoms with Crippen molar-refractivity contribution in [2.24, 2.45) is 0 Å². The second-order valence-electron chi connectivity index (χ2n) is 5.21. The lowest BCUT2D eigenvalue weighted by atomic mass is 10.2. The molecule has 1 aromatic carbocycles. The van der Waals surface area contributed by atoms with Crippen LogP contribution in [0.4, 0.5) is 0 Å². The van der Waals surface area contributed by atoms with Crippen molar-refractivity contribution < 1.29 is 14.3 Å². The van der Waals surface area contributed by atoms with Crippen molar-refractivity contribution in [3.63, 3.8) is 0 Å². The first-order valence-corrected chi connectivity index (χ1v) is 7.95. The summed E-state index contributed by atoms with van der Waals surface area (Å²) >= 11 is 3.39. The second kappa shape index (κ2) is 7.56. The Morgan fingerprint density at radius 3 is 2.68 bits per heavy atom. The Kier molecular flexibility index (Phi) is 5.74. The standard InChI is InChI=1S/C16H19BrN2O3/c1-3-11(2)19(9-15(20)21)8-14-10-22-16(18-14)12-4-6-13(17)7-5-12/h4-7,10-11H,3,8-9H2,1-2H3,(H,20,21)/t11-/m1/s1. The van der Waals surface area contributed by atoms with E-state index in [1.807, 2.05) is 43.0 Å². The van der Waals surface area contributed by atoms with Gasteiger partial charge in [0.1, 0.15) is 6.26 Å². The number of carboxylic acid groups (broad SMARTS) is 1. The Hall–Kier alpha value is -1.66. The Bertz CT molecular complexity index is 625. The van der Waals surface area contributed by atoms with Crippen LogP contribution < -0.4 is 0 Å². The van der Waals surface area contributed by atoms with Gasteiger partial charge < -0.3 is 9.52 Å². The second-order valence-corrected chi connectivity index (χ2v) is 6.12. The van der Waals surface area contributed by atoms with Gasteiger partial charge in [-0.15, -0.1) is 0 Å². The highest BCUT2D eigenvalue weighted by Crippen LogP contribution is 2.22. The number of oxazole rings is 1. The summed E-state index contributed by atoms with van der Waals surface area (Å²) in [5.41, 5.74) is 1.63. The third-order valence-electron chi connectivity index (χ3n) is 3.56. The highest BCUT2D eigenvalue weighted by Gasteiger charge is 2.18. The molecule has 0 saturated heterocycles. The molecule has 0 bridgehead atoms. The van der Waals surface area contributed by atoms with Crippen LogP contribution in [0.1, 0.15) is 26.0 Å². The lowest BCUT2D eigenvalue weighted by Crippen LogP contribution is -2.36. The largest absolute Gasteiger partial charge is 0.480 e. The van der Waals surface area contributed by atoms with Gasteiger partial charge in [-0.3, -0.25) is 9.69 Å². The average Bonchev–Trinajstić information content (AvgIpc) is 2.94. The number of nitrogens with zero attached hydrogens (tertiary/aromatic N) is 2. The minimum absolute atomic E-state index is 0.00448. The molecule has 1 aromatic heterocycles. The van der Waals surface area contributed by atoms with E-state index in [9.17, 15) is 4.79 Å². The van der Waals surface area contributed by atoms with Crippen LogP contribution >= 0.6 is 15.9 Å². The molecule has 0 unspecified atom stereocenters. The molecule has 1 heterocycles. The first kappa shape index (κ1) is 16.7. The molecule has 118 valence electrons. The third kappa shape index (κ3) is 4.42. The minimum Gasteiger partial charge on any atom is -0.480 e. The van der Waals surface area contributed by atoms with Crippen LogP contribution in [0, 0.1) is 0 Å². The highest BCUT2D eigenvalue weighted by molar-refractivity contribution is 9.10. The van der Waals surface area contributed by atoms with E-state index in [0.29, 0.717) is 12.4 Å². The summed E-state index contributed by atoms with van der Waals surface area (Å²) in [6, 6.07) is 7.86. The number of rotatable bonds is 7. The zero-order valence-electron chi connectivity index (χ0n) is 12.6. The molecule has 6 heteroatoms. The molecule has 2 rings (SSSR count). The van der Waals surface area contributed by atoms with Gasteiger partial charge in [0.2, 0.25) is 5.89 Å². The average molecular weight is 367 g/mol. The Morgan fingerprint density at radius 1 is 1.41 bits per heavy atom. The molecule has 0 amide bonds. The van der Waals surface area contributed by atoms with Crippen LogP contribution in [0.3, 0.4) is 0 Å². The molecule has 1 atom stereocenters. The molecule has 0 spiro atoms. The quantitative estimate of drug-likeness (QED) is 0.807. The van der Waals surface area contributed by atoms with Crippen LogP contribution in [-0.4, -0.2) is 33.5 Å². The van der Waals surface area contributed by atoms with Crippen molar-refractivity contribution in [3.05, 3.63) is 40.7 Å². The lowest BCUT2D eigenvalue weighted by molar-refractivity contribution is -0.139. The fraction of sp³-hybridized carbons (Fsp3) is 0.375. The van der Waals surface area contributed by atoms with Gasteiger partial charge in [-0.25, -0.2) is 4.98 Å². The number of hydrogen-bond acceptors (Lipinski definition) is 4. The molecule has 5 nitrogen and oxygen atoms in total. The van der Waals surface area contributed by atoms with Crippen LogP contribution in [0.2, 0.25) is 0 Å². The summed E-state index contributed by atoms with van der Waals surface area (Å²) in [6.07, 6.45) is 2.47. The number of carboxylic acids is 1. The molecule has 0 fully saturated rings. The maximum absolute atomic E-state index is 11.0. The number of aromatic nitrogens is 1. The van der Waals surface area contributed by atoms with Gasteiger partial charge in [-0.05, 0) is 37.6 Å². The summed E-state index contributed by atoms with van der Waals surface area (Å²) in [7, 11) is 0. The molecule has 0 saturated carbocycles. The summed E-state index contributed by atoms with van der Waals surface area (Å²) < 4.78 is 6.50. The van der Waals surface area contributed by atoms with Crippen LogP contribution in [0.5, 0.6) is 0 Å². The first-order chi connectivity index (χ1) is 10.5. The molecule has 0 aliphatic heterocycles. The molecule has 0 radical (unpaired) electrons. The van der Waals surface area contributed by atoms with E-state index in [2.05, 4.69) is 20.9 Å². The Balaban J connectivity index is 2.12. The summed E-state index contributed by atoms with van der Waals surface area (Å²) in [5.74, 6) is -0.293. The normalized spacial score (nSPS) is 12.5. The van der Waals surface area contributed by atoms with E-state index in [4.69, 9.17) is 9.52 Å². The Labute approximate surface area is 138 Å². The number of halogens is 1. The van der Waals surface area contributed by atoms with E-state index >= 15 is 0 Å². The van der Waals surface area contributed by atoms with Gasteiger partial charge in [-0.2, -0.15) is 0 Å². The van der Waals surface area contributed by atoms with Gasteiger partial charge >= 0.3 is 5.97 Å². The molecular formula is C16H19BrN2O3.